The molecule has 0 aliphatic rings. The standard InChI is InChI=1S/C13H13NO2S/c1-9-5-6-11(16-2)10(8-9)14-13(15)12-4-3-7-17-12/h3-8H,1-2H3,(H,14,15). The zero-order chi connectivity index (χ0) is 12.3. The number of amides is 1. The number of rotatable bonds is 3. The first kappa shape index (κ1) is 11.7. The van der Waals surface area contributed by atoms with Crippen molar-refractivity contribution in [3.8, 4) is 5.75 Å². The summed E-state index contributed by atoms with van der Waals surface area (Å²) < 4.78 is 5.21. The van der Waals surface area contributed by atoms with Gasteiger partial charge in [-0.3, -0.25) is 4.79 Å². The maximum Gasteiger partial charge on any atom is 0.265 e. The molecular weight excluding hydrogens is 234 g/mol. The zero-order valence-electron chi connectivity index (χ0n) is 9.69. The number of carbonyl (C=O) groups excluding carboxylic acids is 1. The predicted octanol–water partition coefficient (Wildman–Crippen LogP) is 3.32. The highest BCUT2D eigenvalue weighted by Gasteiger charge is 2.10. The van der Waals surface area contributed by atoms with Gasteiger partial charge < -0.3 is 10.1 Å². The summed E-state index contributed by atoms with van der Waals surface area (Å²) in [5.41, 5.74) is 1.78. The zero-order valence-corrected chi connectivity index (χ0v) is 10.5. The van der Waals surface area contributed by atoms with Crippen LogP contribution in [0.3, 0.4) is 0 Å². The lowest BCUT2D eigenvalue weighted by Crippen LogP contribution is -2.11. The number of aryl methyl sites for hydroxylation is 1. The fourth-order valence-corrected chi connectivity index (χ4v) is 2.13. The van der Waals surface area contributed by atoms with Crippen LogP contribution in [0.4, 0.5) is 5.69 Å². The van der Waals surface area contributed by atoms with Crippen molar-refractivity contribution in [1.29, 1.82) is 0 Å². The number of benzene rings is 1. The quantitative estimate of drug-likeness (QED) is 0.903. The molecule has 2 aromatic rings. The van der Waals surface area contributed by atoms with Gasteiger partial charge in [0.15, 0.2) is 0 Å². The molecular formula is C13H13NO2S. The Labute approximate surface area is 104 Å². The molecule has 1 aromatic heterocycles. The number of carbonyl (C=O) groups is 1. The van der Waals surface area contributed by atoms with Gasteiger partial charge in [0.2, 0.25) is 0 Å². The number of methoxy groups -OCH3 is 1. The minimum absolute atomic E-state index is 0.107. The highest BCUT2D eigenvalue weighted by molar-refractivity contribution is 7.12. The van der Waals surface area contributed by atoms with Crippen molar-refractivity contribution >= 4 is 22.9 Å². The SMILES string of the molecule is COc1ccc(C)cc1NC(=O)c1cccs1. The Hall–Kier alpha value is -1.81. The lowest BCUT2D eigenvalue weighted by Gasteiger charge is -2.10. The summed E-state index contributed by atoms with van der Waals surface area (Å²) in [6.07, 6.45) is 0. The van der Waals surface area contributed by atoms with Gasteiger partial charge in [0.05, 0.1) is 17.7 Å². The predicted molar refractivity (Wildman–Crippen MR) is 70.0 cm³/mol. The molecule has 0 unspecified atom stereocenters. The molecule has 0 radical (unpaired) electrons. The Morgan fingerprint density at radius 1 is 1.35 bits per heavy atom. The van der Waals surface area contributed by atoms with E-state index in [2.05, 4.69) is 5.32 Å². The van der Waals surface area contributed by atoms with E-state index in [-0.39, 0.29) is 5.91 Å². The Morgan fingerprint density at radius 3 is 2.82 bits per heavy atom. The van der Waals surface area contributed by atoms with Crippen molar-refractivity contribution in [1.82, 2.24) is 0 Å². The van der Waals surface area contributed by atoms with Crippen LogP contribution in [0.1, 0.15) is 15.2 Å². The third-order valence-corrected chi connectivity index (χ3v) is 3.22. The molecule has 0 bridgehead atoms. The van der Waals surface area contributed by atoms with Crippen molar-refractivity contribution in [3.05, 3.63) is 46.2 Å². The molecule has 0 aliphatic carbocycles. The first-order valence-electron chi connectivity index (χ1n) is 5.20. The van der Waals surface area contributed by atoms with Gasteiger partial charge in [-0.2, -0.15) is 0 Å². The average Bonchev–Trinajstić information content (AvgIpc) is 2.83. The summed E-state index contributed by atoms with van der Waals surface area (Å²) in [4.78, 5) is 12.6. The first-order valence-corrected chi connectivity index (χ1v) is 6.08. The van der Waals surface area contributed by atoms with E-state index in [4.69, 9.17) is 4.74 Å². The largest absolute Gasteiger partial charge is 0.495 e. The second-order valence-electron chi connectivity index (χ2n) is 3.64. The third-order valence-electron chi connectivity index (χ3n) is 2.35. The number of anilines is 1. The molecule has 2 rings (SSSR count). The molecule has 1 heterocycles. The average molecular weight is 247 g/mol. The molecule has 0 saturated heterocycles. The van der Waals surface area contributed by atoms with Crippen LogP contribution in [0, 0.1) is 6.92 Å². The minimum Gasteiger partial charge on any atom is -0.495 e. The summed E-state index contributed by atoms with van der Waals surface area (Å²) in [5.74, 6) is 0.560. The number of ether oxygens (including phenoxy) is 1. The van der Waals surface area contributed by atoms with E-state index in [0.717, 1.165) is 5.56 Å². The fourth-order valence-electron chi connectivity index (χ4n) is 1.51. The van der Waals surface area contributed by atoms with Gasteiger partial charge >= 0.3 is 0 Å². The molecule has 1 amide bonds. The number of hydrogen-bond acceptors (Lipinski definition) is 3. The second-order valence-corrected chi connectivity index (χ2v) is 4.58. The molecule has 3 nitrogen and oxygen atoms in total. The van der Waals surface area contributed by atoms with Gasteiger partial charge in [0.25, 0.3) is 5.91 Å². The van der Waals surface area contributed by atoms with Crippen LogP contribution >= 0.6 is 11.3 Å². The van der Waals surface area contributed by atoms with Crippen molar-refractivity contribution in [2.45, 2.75) is 6.92 Å². The van der Waals surface area contributed by atoms with Crippen molar-refractivity contribution in [2.24, 2.45) is 0 Å². The molecule has 0 spiro atoms. The summed E-state index contributed by atoms with van der Waals surface area (Å²) in [6.45, 7) is 1.97. The van der Waals surface area contributed by atoms with Crippen LogP contribution in [0.5, 0.6) is 5.75 Å². The summed E-state index contributed by atoms with van der Waals surface area (Å²) in [6, 6.07) is 9.33. The topological polar surface area (TPSA) is 38.3 Å². The van der Waals surface area contributed by atoms with Crippen LogP contribution in [-0.4, -0.2) is 13.0 Å². The summed E-state index contributed by atoms with van der Waals surface area (Å²) in [5, 5.41) is 4.73. The molecule has 1 N–H and O–H groups in total. The lowest BCUT2D eigenvalue weighted by molar-refractivity contribution is 0.103. The van der Waals surface area contributed by atoms with E-state index in [1.165, 1.54) is 11.3 Å². The van der Waals surface area contributed by atoms with Crippen LogP contribution in [0.2, 0.25) is 0 Å². The monoisotopic (exact) mass is 247 g/mol. The van der Waals surface area contributed by atoms with Gasteiger partial charge in [-0.15, -0.1) is 11.3 Å². The van der Waals surface area contributed by atoms with E-state index in [9.17, 15) is 4.79 Å². The van der Waals surface area contributed by atoms with E-state index in [0.29, 0.717) is 16.3 Å². The van der Waals surface area contributed by atoms with Crippen molar-refractivity contribution in [3.63, 3.8) is 0 Å². The van der Waals surface area contributed by atoms with Crippen LogP contribution in [0.15, 0.2) is 35.7 Å². The summed E-state index contributed by atoms with van der Waals surface area (Å²) >= 11 is 1.42. The minimum atomic E-state index is -0.107. The molecule has 0 saturated carbocycles. The van der Waals surface area contributed by atoms with Crippen LogP contribution < -0.4 is 10.1 Å². The van der Waals surface area contributed by atoms with E-state index < -0.39 is 0 Å². The first-order chi connectivity index (χ1) is 8.20. The Kier molecular flexibility index (Phi) is 3.44. The molecule has 17 heavy (non-hydrogen) atoms. The highest BCUT2D eigenvalue weighted by Crippen LogP contribution is 2.26. The second kappa shape index (κ2) is 5.01. The maximum atomic E-state index is 11.9. The van der Waals surface area contributed by atoms with Gasteiger partial charge in [0.1, 0.15) is 5.75 Å². The molecule has 4 heteroatoms. The van der Waals surface area contributed by atoms with E-state index in [1.54, 1.807) is 13.2 Å². The highest BCUT2D eigenvalue weighted by atomic mass is 32.1. The van der Waals surface area contributed by atoms with E-state index >= 15 is 0 Å². The van der Waals surface area contributed by atoms with Gasteiger partial charge in [-0.25, -0.2) is 0 Å². The fraction of sp³-hybridized carbons (Fsp3) is 0.154. The number of thiophene rings is 1. The van der Waals surface area contributed by atoms with Crippen LogP contribution in [-0.2, 0) is 0 Å². The smallest absolute Gasteiger partial charge is 0.265 e. The Morgan fingerprint density at radius 2 is 2.18 bits per heavy atom. The van der Waals surface area contributed by atoms with Crippen LogP contribution in [0.25, 0.3) is 0 Å². The van der Waals surface area contributed by atoms with Gasteiger partial charge in [-0.1, -0.05) is 12.1 Å². The van der Waals surface area contributed by atoms with E-state index in [1.807, 2.05) is 36.6 Å². The number of nitrogens with one attached hydrogen (secondary N) is 1. The van der Waals surface area contributed by atoms with Gasteiger partial charge in [-0.05, 0) is 36.1 Å². The molecule has 0 atom stereocenters. The Balaban J connectivity index is 2.23. The number of hydrogen-bond donors (Lipinski definition) is 1. The normalized spacial score (nSPS) is 10.0. The molecule has 88 valence electrons. The maximum absolute atomic E-state index is 11.9. The summed E-state index contributed by atoms with van der Waals surface area (Å²) in [7, 11) is 1.59. The van der Waals surface area contributed by atoms with Gasteiger partial charge in [0, 0.05) is 0 Å². The molecule has 0 aliphatic heterocycles. The molecule has 1 aromatic carbocycles. The van der Waals surface area contributed by atoms with Crippen molar-refractivity contribution in [2.75, 3.05) is 12.4 Å². The Bertz CT molecular complexity index is 520. The third kappa shape index (κ3) is 2.65. The molecule has 0 fully saturated rings. The lowest BCUT2D eigenvalue weighted by atomic mass is 10.2. The van der Waals surface area contributed by atoms with Crippen molar-refractivity contribution < 1.29 is 9.53 Å².